The maximum atomic E-state index is 4.47. The molecule has 0 saturated heterocycles. The summed E-state index contributed by atoms with van der Waals surface area (Å²) in [5.74, 6) is 0.896. The third-order valence-electron chi connectivity index (χ3n) is 2.45. The van der Waals surface area contributed by atoms with Crippen LogP contribution in [0.1, 0.15) is 18.1 Å². The molecule has 1 N–H and O–H groups in total. The minimum absolute atomic E-state index is 0.862. The lowest BCUT2D eigenvalue weighted by Gasteiger charge is -2.07. The molecule has 0 aliphatic rings. The first-order valence-electron chi connectivity index (χ1n) is 5.57. The van der Waals surface area contributed by atoms with Crippen LogP contribution in [0.15, 0.2) is 24.7 Å². The van der Waals surface area contributed by atoms with Crippen LogP contribution in [0.2, 0.25) is 0 Å². The van der Waals surface area contributed by atoms with E-state index in [9.17, 15) is 0 Å². The van der Waals surface area contributed by atoms with E-state index >= 15 is 0 Å². The fourth-order valence-corrected chi connectivity index (χ4v) is 2.04. The second kappa shape index (κ2) is 5.59. The molecule has 2 heterocycles. The summed E-state index contributed by atoms with van der Waals surface area (Å²) >= 11 is 2.24. The van der Waals surface area contributed by atoms with Crippen LogP contribution in [0.25, 0.3) is 5.82 Å². The van der Waals surface area contributed by atoms with Crippen LogP contribution >= 0.6 is 22.6 Å². The highest BCUT2D eigenvalue weighted by atomic mass is 127. The number of aromatic nitrogens is 3. The maximum Gasteiger partial charge on any atom is 0.156 e. The van der Waals surface area contributed by atoms with Gasteiger partial charge in [0.05, 0.1) is 9.77 Å². The van der Waals surface area contributed by atoms with Gasteiger partial charge < -0.3 is 5.32 Å². The second-order valence-electron chi connectivity index (χ2n) is 3.87. The van der Waals surface area contributed by atoms with Crippen molar-refractivity contribution in [2.45, 2.75) is 20.4 Å². The van der Waals surface area contributed by atoms with E-state index < -0.39 is 0 Å². The number of pyridine rings is 1. The largest absolute Gasteiger partial charge is 0.313 e. The van der Waals surface area contributed by atoms with E-state index in [0.29, 0.717) is 0 Å². The second-order valence-corrected chi connectivity index (χ2v) is 5.11. The van der Waals surface area contributed by atoms with Gasteiger partial charge in [0, 0.05) is 18.9 Å². The Morgan fingerprint density at radius 2 is 2.24 bits per heavy atom. The Bertz CT molecular complexity index is 507. The number of aryl methyl sites for hydroxylation is 1. The molecule has 0 aliphatic heterocycles. The van der Waals surface area contributed by atoms with Gasteiger partial charge in [-0.15, -0.1) is 0 Å². The lowest BCUT2D eigenvalue weighted by molar-refractivity contribution is 0.721. The number of halogens is 1. The molecule has 0 saturated carbocycles. The summed E-state index contributed by atoms with van der Waals surface area (Å²) in [6.07, 6.45) is 5.70. The molecule has 4 nitrogen and oxygen atoms in total. The molecule has 0 aromatic carbocycles. The first-order chi connectivity index (χ1) is 8.20. The third kappa shape index (κ3) is 3.04. The summed E-state index contributed by atoms with van der Waals surface area (Å²) in [5.41, 5.74) is 2.34. The highest BCUT2D eigenvalue weighted by molar-refractivity contribution is 14.1. The van der Waals surface area contributed by atoms with E-state index in [2.05, 4.69) is 57.9 Å². The van der Waals surface area contributed by atoms with Crippen molar-refractivity contribution >= 4 is 22.6 Å². The van der Waals surface area contributed by atoms with Gasteiger partial charge in [-0.2, -0.15) is 5.10 Å². The molecule has 17 heavy (non-hydrogen) atoms. The average molecular weight is 342 g/mol. The van der Waals surface area contributed by atoms with Crippen LogP contribution in [-0.4, -0.2) is 21.3 Å². The smallest absolute Gasteiger partial charge is 0.156 e. The molecule has 0 unspecified atom stereocenters. The van der Waals surface area contributed by atoms with E-state index in [-0.39, 0.29) is 0 Å². The molecule has 0 bridgehead atoms. The summed E-state index contributed by atoms with van der Waals surface area (Å²) in [6, 6.07) is 2.15. The summed E-state index contributed by atoms with van der Waals surface area (Å²) in [4.78, 5) is 4.47. The Labute approximate surface area is 115 Å². The first kappa shape index (κ1) is 12.5. The Morgan fingerprint density at radius 1 is 1.41 bits per heavy atom. The number of nitrogens with zero attached hydrogens (tertiary/aromatic N) is 3. The molecule has 2 rings (SSSR count). The fraction of sp³-hybridized carbons (Fsp3) is 0.333. The highest BCUT2D eigenvalue weighted by Crippen LogP contribution is 2.13. The molecule has 0 spiro atoms. The molecule has 2 aromatic heterocycles. The highest BCUT2D eigenvalue weighted by Gasteiger charge is 2.05. The predicted molar refractivity (Wildman–Crippen MR) is 76.2 cm³/mol. The van der Waals surface area contributed by atoms with Gasteiger partial charge in [0.15, 0.2) is 5.82 Å². The molecule has 0 aliphatic carbocycles. The number of hydrogen-bond acceptors (Lipinski definition) is 3. The SMILES string of the molecule is CCNCc1cnc(-n2cc(I)cn2)c(C)c1. The van der Waals surface area contributed by atoms with Crippen molar-refractivity contribution in [2.24, 2.45) is 0 Å². The van der Waals surface area contributed by atoms with Crippen LogP contribution in [-0.2, 0) is 6.54 Å². The van der Waals surface area contributed by atoms with Crippen molar-refractivity contribution in [3.8, 4) is 5.82 Å². The monoisotopic (exact) mass is 342 g/mol. The fourth-order valence-electron chi connectivity index (χ4n) is 1.65. The van der Waals surface area contributed by atoms with Gasteiger partial charge in [-0.05, 0) is 53.3 Å². The van der Waals surface area contributed by atoms with Crippen LogP contribution in [0.3, 0.4) is 0 Å². The molecular formula is C12H15IN4. The number of rotatable bonds is 4. The van der Waals surface area contributed by atoms with Gasteiger partial charge >= 0.3 is 0 Å². The predicted octanol–water partition coefficient (Wildman–Crippen LogP) is 2.29. The number of nitrogens with one attached hydrogen (secondary N) is 1. The standard InChI is InChI=1S/C12H15IN4/c1-3-14-5-10-4-9(2)12(15-6-10)17-8-11(13)7-16-17/h4,6-8,14H,3,5H2,1-2H3. The molecule has 0 radical (unpaired) electrons. The molecular weight excluding hydrogens is 327 g/mol. The molecule has 0 atom stereocenters. The lowest BCUT2D eigenvalue weighted by atomic mass is 10.2. The Hall–Kier alpha value is -0.950. The molecule has 0 fully saturated rings. The molecule has 90 valence electrons. The lowest BCUT2D eigenvalue weighted by Crippen LogP contribution is -2.12. The summed E-state index contributed by atoms with van der Waals surface area (Å²) in [7, 11) is 0. The Balaban J connectivity index is 2.25. The van der Waals surface area contributed by atoms with Crippen molar-refractivity contribution < 1.29 is 0 Å². The van der Waals surface area contributed by atoms with Crippen molar-refractivity contribution in [1.82, 2.24) is 20.1 Å². The van der Waals surface area contributed by atoms with Crippen molar-refractivity contribution in [2.75, 3.05) is 6.54 Å². The van der Waals surface area contributed by atoms with Crippen molar-refractivity contribution in [3.63, 3.8) is 0 Å². The zero-order chi connectivity index (χ0) is 12.3. The third-order valence-corrected chi connectivity index (χ3v) is 3.01. The van der Waals surface area contributed by atoms with Crippen LogP contribution in [0.4, 0.5) is 0 Å². The van der Waals surface area contributed by atoms with Gasteiger partial charge in [-0.1, -0.05) is 6.92 Å². The quantitative estimate of drug-likeness (QED) is 0.867. The van der Waals surface area contributed by atoms with Gasteiger partial charge in [0.25, 0.3) is 0 Å². The van der Waals surface area contributed by atoms with Crippen molar-refractivity contribution in [1.29, 1.82) is 0 Å². The van der Waals surface area contributed by atoms with E-state index in [1.165, 1.54) is 5.56 Å². The molecule has 2 aromatic rings. The zero-order valence-electron chi connectivity index (χ0n) is 9.94. The van der Waals surface area contributed by atoms with Gasteiger partial charge in [-0.3, -0.25) is 0 Å². The van der Waals surface area contributed by atoms with Crippen molar-refractivity contribution in [3.05, 3.63) is 39.4 Å². The Kier molecular flexibility index (Phi) is 4.11. The maximum absolute atomic E-state index is 4.47. The minimum atomic E-state index is 0.862. The normalized spacial score (nSPS) is 10.8. The summed E-state index contributed by atoms with van der Waals surface area (Å²) in [5, 5.41) is 7.56. The Morgan fingerprint density at radius 3 is 2.82 bits per heavy atom. The van der Waals surface area contributed by atoms with Crippen LogP contribution in [0.5, 0.6) is 0 Å². The van der Waals surface area contributed by atoms with Gasteiger partial charge in [0.1, 0.15) is 0 Å². The zero-order valence-corrected chi connectivity index (χ0v) is 12.1. The average Bonchev–Trinajstić information content (AvgIpc) is 2.73. The summed E-state index contributed by atoms with van der Waals surface area (Å²) in [6.45, 7) is 5.99. The minimum Gasteiger partial charge on any atom is -0.313 e. The molecule has 5 heteroatoms. The van der Waals surface area contributed by atoms with Crippen LogP contribution in [0, 0.1) is 10.5 Å². The van der Waals surface area contributed by atoms with E-state index in [1.807, 2.05) is 23.3 Å². The van der Waals surface area contributed by atoms with E-state index in [4.69, 9.17) is 0 Å². The van der Waals surface area contributed by atoms with Gasteiger partial charge in [-0.25, -0.2) is 9.67 Å². The van der Waals surface area contributed by atoms with Crippen LogP contribution < -0.4 is 5.32 Å². The van der Waals surface area contributed by atoms with E-state index in [0.717, 1.165) is 28.0 Å². The summed E-state index contributed by atoms with van der Waals surface area (Å²) < 4.78 is 2.93. The first-order valence-corrected chi connectivity index (χ1v) is 6.65. The van der Waals surface area contributed by atoms with E-state index in [1.54, 1.807) is 0 Å². The number of hydrogen-bond donors (Lipinski definition) is 1. The van der Waals surface area contributed by atoms with Gasteiger partial charge in [0.2, 0.25) is 0 Å². The topological polar surface area (TPSA) is 42.7 Å². The molecule has 0 amide bonds.